The number of nitrogens with one attached hydrogen (secondary N) is 1. The molecule has 1 N–H and O–H groups in total. The number of hydrogen-bond donors (Lipinski definition) is 1. The Morgan fingerprint density at radius 2 is 1.67 bits per heavy atom. The molecule has 1 saturated heterocycles. The van der Waals surface area contributed by atoms with Crippen molar-refractivity contribution in [3.05, 3.63) is 81.3 Å². The highest BCUT2D eigenvalue weighted by atomic mass is 79.9. The van der Waals surface area contributed by atoms with E-state index in [2.05, 4.69) is 21.2 Å². The summed E-state index contributed by atoms with van der Waals surface area (Å²) in [5, 5.41) is 2.41. The summed E-state index contributed by atoms with van der Waals surface area (Å²) in [5.41, 5.74) is 0.482. The van der Waals surface area contributed by atoms with Crippen molar-refractivity contribution < 1.29 is 33.3 Å². The number of carbonyl (C=O) groups is 3. The van der Waals surface area contributed by atoms with E-state index >= 15 is 0 Å². The Bertz CT molecular complexity index is 1430. The number of barbiturate groups is 1. The molecule has 0 bridgehead atoms. The van der Waals surface area contributed by atoms with Gasteiger partial charge < -0.3 is 18.9 Å². The van der Waals surface area contributed by atoms with Crippen LogP contribution in [0.25, 0.3) is 6.08 Å². The monoisotopic (exact) mass is 614 g/mol. The summed E-state index contributed by atoms with van der Waals surface area (Å²) < 4.78 is 23.2. The van der Waals surface area contributed by atoms with Gasteiger partial charge in [-0.15, -0.1) is 0 Å². The van der Waals surface area contributed by atoms with Gasteiger partial charge in [0.15, 0.2) is 11.5 Å². The molecule has 3 aromatic rings. The fraction of sp³-hybridized carbons (Fsp3) is 0.179. The standard InChI is InChI=1S/C28H24BrClN2O7/c1-3-37-24-15-17(14-23(30)25(24)39-12-11-38-21-6-4-5-20(16-21)36-2)13-22-26(33)31-28(35)32(27(22)34)19-9-7-18(29)8-10-19/h4-10,13-16H,3,11-12H2,1-2H3,(H,31,33,35). The van der Waals surface area contributed by atoms with Crippen LogP contribution in [0.3, 0.4) is 0 Å². The Labute approximate surface area is 238 Å². The van der Waals surface area contributed by atoms with Crippen molar-refractivity contribution in [2.45, 2.75) is 6.92 Å². The summed E-state index contributed by atoms with van der Waals surface area (Å²) in [6, 6.07) is 16.0. The molecule has 1 heterocycles. The van der Waals surface area contributed by atoms with Gasteiger partial charge in [-0.3, -0.25) is 14.9 Å². The number of nitrogens with zero attached hydrogens (tertiary/aromatic N) is 1. The number of imide groups is 2. The second kappa shape index (κ2) is 12.7. The summed E-state index contributed by atoms with van der Waals surface area (Å²) >= 11 is 9.83. The zero-order valence-corrected chi connectivity index (χ0v) is 23.4. The van der Waals surface area contributed by atoms with Crippen LogP contribution in [0.1, 0.15) is 12.5 Å². The predicted molar refractivity (Wildman–Crippen MR) is 150 cm³/mol. The molecule has 4 rings (SSSR count). The van der Waals surface area contributed by atoms with Gasteiger partial charge in [-0.2, -0.15) is 0 Å². The van der Waals surface area contributed by atoms with Gasteiger partial charge in [0.05, 0.1) is 24.4 Å². The third kappa shape index (κ3) is 6.71. The van der Waals surface area contributed by atoms with Crippen LogP contribution in [0.4, 0.5) is 10.5 Å². The molecule has 0 aliphatic carbocycles. The minimum Gasteiger partial charge on any atom is -0.497 e. The third-order valence-electron chi connectivity index (χ3n) is 5.47. The molecule has 0 unspecified atom stereocenters. The Kier molecular flexibility index (Phi) is 9.11. The number of rotatable bonds is 10. The summed E-state index contributed by atoms with van der Waals surface area (Å²) in [4.78, 5) is 39.1. The summed E-state index contributed by atoms with van der Waals surface area (Å²) in [6.45, 7) is 2.52. The SMILES string of the molecule is CCOc1cc(C=C2C(=O)NC(=O)N(c3ccc(Br)cc3)C2=O)cc(Cl)c1OCCOc1cccc(OC)c1. The van der Waals surface area contributed by atoms with E-state index in [-0.39, 0.29) is 23.8 Å². The van der Waals surface area contributed by atoms with Crippen LogP contribution < -0.4 is 29.2 Å². The van der Waals surface area contributed by atoms with Crippen molar-refractivity contribution in [3.63, 3.8) is 0 Å². The molecule has 0 radical (unpaired) electrons. The first-order valence-corrected chi connectivity index (χ1v) is 13.0. The Morgan fingerprint density at radius 1 is 0.949 bits per heavy atom. The number of amides is 4. The number of hydrogen-bond acceptors (Lipinski definition) is 7. The highest BCUT2D eigenvalue weighted by Crippen LogP contribution is 2.37. The van der Waals surface area contributed by atoms with Gasteiger partial charge in [0.25, 0.3) is 11.8 Å². The second-order valence-electron chi connectivity index (χ2n) is 8.07. The number of benzene rings is 3. The van der Waals surface area contributed by atoms with E-state index < -0.39 is 17.8 Å². The molecule has 4 amide bonds. The van der Waals surface area contributed by atoms with Crippen LogP contribution in [0.2, 0.25) is 5.02 Å². The Balaban J connectivity index is 1.53. The van der Waals surface area contributed by atoms with Gasteiger partial charge in [-0.25, -0.2) is 9.69 Å². The Morgan fingerprint density at radius 3 is 2.38 bits per heavy atom. The van der Waals surface area contributed by atoms with Crippen molar-refractivity contribution in [1.82, 2.24) is 5.32 Å². The molecule has 39 heavy (non-hydrogen) atoms. The maximum atomic E-state index is 13.2. The molecule has 0 saturated carbocycles. The van der Waals surface area contributed by atoms with Gasteiger partial charge >= 0.3 is 6.03 Å². The van der Waals surface area contributed by atoms with Crippen LogP contribution in [0.15, 0.2) is 70.7 Å². The molecular weight excluding hydrogens is 592 g/mol. The van der Waals surface area contributed by atoms with E-state index in [1.54, 1.807) is 56.5 Å². The largest absolute Gasteiger partial charge is 0.497 e. The summed E-state index contributed by atoms with van der Waals surface area (Å²) in [5.74, 6) is 0.331. The van der Waals surface area contributed by atoms with Crippen molar-refractivity contribution in [2.24, 2.45) is 0 Å². The average Bonchev–Trinajstić information content (AvgIpc) is 2.91. The van der Waals surface area contributed by atoms with Crippen LogP contribution in [-0.4, -0.2) is 44.8 Å². The van der Waals surface area contributed by atoms with Crippen molar-refractivity contribution in [3.8, 4) is 23.0 Å². The van der Waals surface area contributed by atoms with E-state index in [1.807, 2.05) is 12.1 Å². The van der Waals surface area contributed by atoms with E-state index in [9.17, 15) is 14.4 Å². The van der Waals surface area contributed by atoms with E-state index in [0.717, 1.165) is 9.37 Å². The molecule has 202 valence electrons. The van der Waals surface area contributed by atoms with E-state index in [1.165, 1.54) is 12.1 Å². The molecule has 1 fully saturated rings. The highest BCUT2D eigenvalue weighted by molar-refractivity contribution is 9.10. The van der Waals surface area contributed by atoms with Gasteiger partial charge in [0, 0.05) is 10.5 Å². The first-order chi connectivity index (χ1) is 18.8. The van der Waals surface area contributed by atoms with E-state index in [0.29, 0.717) is 40.9 Å². The van der Waals surface area contributed by atoms with Crippen molar-refractivity contribution >= 4 is 57.1 Å². The molecule has 0 atom stereocenters. The first kappa shape index (κ1) is 28.0. The predicted octanol–water partition coefficient (Wildman–Crippen LogP) is 5.63. The lowest BCUT2D eigenvalue weighted by Gasteiger charge is -2.26. The van der Waals surface area contributed by atoms with Crippen LogP contribution in [-0.2, 0) is 9.59 Å². The number of urea groups is 1. The smallest absolute Gasteiger partial charge is 0.335 e. The molecule has 11 heteroatoms. The number of carbonyl (C=O) groups excluding carboxylic acids is 3. The van der Waals surface area contributed by atoms with Crippen molar-refractivity contribution in [2.75, 3.05) is 31.8 Å². The molecule has 9 nitrogen and oxygen atoms in total. The first-order valence-electron chi connectivity index (χ1n) is 11.8. The topological polar surface area (TPSA) is 103 Å². The van der Waals surface area contributed by atoms with Gasteiger partial charge in [-0.1, -0.05) is 33.6 Å². The number of methoxy groups -OCH3 is 1. The molecule has 1 aliphatic heterocycles. The zero-order valence-electron chi connectivity index (χ0n) is 21.0. The van der Waals surface area contributed by atoms with Crippen LogP contribution >= 0.6 is 27.5 Å². The van der Waals surface area contributed by atoms with Gasteiger partial charge in [0.1, 0.15) is 30.3 Å². The Hall–Kier alpha value is -4.02. The fourth-order valence-corrected chi connectivity index (χ4v) is 4.26. The lowest BCUT2D eigenvalue weighted by Crippen LogP contribution is -2.54. The lowest BCUT2D eigenvalue weighted by molar-refractivity contribution is -0.122. The fourth-order valence-electron chi connectivity index (χ4n) is 3.72. The molecule has 1 aliphatic rings. The number of ether oxygens (including phenoxy) is 4. The van der Waals surface area contributed by atoms with Gasteiger partial charge in [-0.05, 0) is 67.1 Å². The van der Waals surface area contributed by atoms with Gasteiger partial charge in [0.2, 0.25) is 0 Å². The minimum atomic E-state index is -0.836. The van der Waals surface area contributed by atoms with E-state index in [4.69, 9.17) is 30.5 Å². The highest BCUT2D eigenvalue weighted by Gasteiger charge is 2.36. The summed E-state index contributed by atoms with van der Waals surface area (Å²) in [6.07, 6.45) is 1.35. The number of halogens is 2. The lowest BCUT2D eigenvalue weighted by atomic mass is 10.1. The normalized spacial score (nSPS) is 14.3. The van der Waals surface area contributed by atoms with Crippen LogP contribution in [0.5, 0.6) is 23.0 Å². The van der Waals surface area contributed by atoms with Crippen molar-refractivity contribution in [1.29, 1.82) is 0 Å². The quantitative estimate of drug-likeness (QED) is 0.179. The molecule has 0 spiro atoms. The number of anilines is 1. The molecule has 0 aromatic heterocycles. The third-order valence-corrected chi connectivity index (χ3v) is 6.28. The average molecular weight is 616 g/mol. The van der Waals surface area contributed by atoms with Crippen LogP contribution in [0, 0.1) is 0 Å². The summed E-state index contributed by atoms with van der Waals surface area (Å²) in [7, 11) is 1.58. The molecular formula is C28H24BrClN2O7. The minimum absolute atomic E-state index is 0.169. The maximum Gasteiger partial charge on any atom is 0.335 e. The second-order valence-corrected chi connectivity index (χ2v) is 9.40. The molecule has 3 aromatic carbocycles. The maximum absolute atomic E-state index is 13.2. The zero-order chi connectivity index (χ0) is 27.9.